The second-order valence-corrected chi connectivity index (χ2v) is 32.5. The predicted octanol–water partition coefficient (Wildman–Crippen LogP) is 20.8. The summed E-state index contributed by atoms with van der Waals surface area (Å²) in [4.78, 5) is 37.1. The molecule has 3 aromatic carbocycles. The molecule has 6 saturated carbocycles. The first-order valence-corrected chi connectivity index (χ1v) is 36.2. The highest BCUT2D eigenvalue weighted by Gasteiger charge is 2.61. The molecule has 0 unspecified atom stereocenters. The summed E-state index contributed by atoms with van der Waals surface area (Å²) in [7, 11) is 0. The van der Waals surface area contributed by atoms with Gasteiger partial charge >= 0.3 is 11.9 Å². The standard InChI is InChI=1S/C82H108N2O6/c1-51(2)13-11-15-53(5)67-33-35-69-65-31-25-59-47-63(39-43-79(59,7)71(65)41-45-81(67,69)9)89-75(85)49-87-61-27-19-55(20-28-61)73-37-23-57-17-18-58-24-38-74(84-78(58)77(57)83-73)56-21-29-62(30-22-56)88-50-76(86)90-64-40-44-80(8)60(48-64)26-32-66-70-36-34-68(54(6)16-12-14-52(3)4)82(70,10)46-42-72(66)80/h17-30,37-38,51-54,63-72H,11-16,31-36,39-50H2,1-10H3/t53-,54-,63+,64+,65+,66+,67-,68-,69+,70+,71+,72+,79+,80+,81-,82-/m1/s1. The number of pyridine rings is 2. The normalized spacial score (nSPS) is 33.4. The Labute approximate surface area is 540 Å². The molecule has 90 heavy (non-hydrogen) atoms. The molecule has 6 fully saturated rings. The molecule has 2 aromatic heterocycles. The van der Waals surface area contributed by atoms with E-state index in [0.29, 0.717) is 22.3 Å². The lowest BCUT2D eigenvalue weighted by molar-refractivity contribution is -0.154. The van der Waals surface area contributed by atoms with Crippen LogP contribution in [0.4, 0.5) is 0 Å². The molecule has 13 rings (SSSR count). The SMILES string of the molecule is CC(C)CCC[C@@H](C)[C@H]1CC[C@H]2[C@@H]3CC=C4C[C@@H](OC(=O)COc5ccc(-c6ccc7ccc8ccc(-c9ccc(OCC(=O)O[C@H]%10CC[C@@]%11(C)C(=CC[C@H]%12[C@@H]%13CC[C@H]([C@H](C)CCCC(C)C)[C@@]%13(C)CC[C@@H]%12%11)C%10)cc9)nc8c7n6)cc5)CC[C@]4(C)[C@H]3CC[C@]12C. The van der Waals surface area contributed by atoms with Gasteiger partial charge in [-0.2, -0.15) is 0 Å². The van der Waals surface area contributed by atoms with Gasteiger partial charge in [0.15, 0.2) is 13.2 Å². The average Bonchev–Trinajstić information content (AvgIpc) is 1.38. The van der Waals surface area contributed by atoms with Crippen LogP contribution in [0.25, 0.3) is 44.3 Å². The third-order valence-electron chi connectivity index (χ3n) is 26.6. The quantitative estimate of drug-likeness (QED) is 0.0432. The molecule has 0 saturated heterocycles. The molecule has 16 atom stereocenters. The number of rotatable bonds is 20. The third-order valence-corrected chi connectivity index (χ3v) is 26.6. The first-order valence-electron chi connectivity index (χ1n) is 36.2. The van der Waals surface area contributed by atoms with Gasteiger partial charge in [0.2, 0.25) is 0 Å². The van der Waals surface area contributed by atoms with E-state index < -0.39 is 0 Å². The van der Waals surface area contributed by atoms with Crippen molar-refractivity contribution in [2.24, 2.45) is 92.7 Å². The Morgan fingerprint density at radius 3 is 1.27 bits per heavy atom. The molecular weight excluding hydrogens is 1110 g/mol. The number of hydrogen-bond acceptors (Lipinski definition) is 8. The van der Waals surface area contributed by atoms with Crippen molar-refractivity contribution in [3.8, 4) is 34.0 Å². The number of fused-ring (bicyclic) bond motifs is 13. The highest BCUT2D eigenvalue weighted by atomic mass is 16.6. The van der Waals surface area contributed by atoms with Crippen LogP contribution in [0.3, 0.4) is 0 Å². The molecular formula is C82H108N2O6. The van der Waals surface area contributed by atoms with Gasteiger partial charge in [0.25, 0.3) is 0 Å². The van der Waals surface area contributed by atoms with Crippen LogP contribution in [-0.2, 0) is 19.1 Å². The zero-order valence-electron chi connectivity index (χ0n) is 56.6. The van der Waals surface area contributed by atoms with Gasteiger partial charge in [0.1, 0.15) is 23.7 Å². The van der Waals surface area contributed by atoms with Crippen LogP contribution in [0.15, 0.2) is 108 Å². The molecule has 5 aromatic rings. The van der Waals surface area contributed by atoms with E-state index in [1.165, 1.54) is 103 Å². The Hall–Kier alpha value is -5.50. The number of esters is 2. The second-order valence-electron chi connectivity index (χ2n) is 32.5. The topological polar surface area (TPSA) is 96.8 Å². The van der Waals surface area contributed by atoms with E-state index >= 15 is 0 Å². The van der Waals surface area contributed by atoms with Gasteiger partial charge in [-0.15, -0.1) is 0 Å². The van der Waals surface area contributed by atoms with Crippen molar-refractivity contribution >= 4 is 33.7 Å². The Balaban J connectivity index is 0.577. The average molecular weight is 1220 g/mol. The van der Waals surface area contributed by atoms with Crippen molar-refractivity contribution < 1.29 is 28.5 Å². The molecule has 8 aliphatic carbocycles. The van der Waals surface area contributed by atoms with Crippen LogP contribution < -0.4 is 9.47 Å². The third kappa shape index (κ3) is 12.3. The largest absolute Gasteiger partial charge is 0.482 e. The minimum atomic E-state index is -0.303. The van der Waals surface area contributed by atoms with Gasteiger partial charge in [-0.05, 0) is 243 Å². The number of aromatic nitrogens is 2. The Kier molecular flexibility index (Phi) is 18.1. The molecule has 8 heteroatoms. The van der Waals surface area contributed by atoms with Gasteiger partial charge in [-0.1, -0.05) is 155 Å². The van der Waals surface area contributed by atoms with E-state index in [0.717, 1.165) is 154 Å². The Morgan fingerprint density at radius 1 is 0.467 bits per heavy atom. The number of nitrogens with zero attached hydrogens (tertiary/aromatic N) is 2. The Bertz CT molecular complexity index is 3230. The summed E-state index contributed by atoms with van der Waals surface area (Å²) >= 11 is 0. The summed E-state index contributed by atoms with van der Waals surface area (Å²) in [6, 6.07) is 28.1. The van der Waals surface area contributed by atoms with Crippen LogP contribution in [0.5, 0.6) is 11.5 Å². The highest BCUT2D eigenvalue weighted by molar-refractivity contribution is 6.04. The molecule has 2 heterocycles. The lowest BCUT2D eigenvalue weighted by Crippen LogP contribution is -2.51. The maximum absolute atomic E-state index is 13.4. The van der Waals surface area contributed by atoms with Gasteiger partial charge in [0.05, 0.1) is 22.4 Å². The van der Waals surface area contributed by atoms with E-state index in [1.807, 2.05) is 60.7 Å². The molecule has 8 aliphatic rings. The zero-order chi connectivity index (χ0) is 62.7. The van der Waals surface area contributed by atoms with Gasteiger partial charge in [-0.3, -0.25) is 0 Å². The van der Waals surface area contributed by atoms with Crippen molar-refractivity contribution in [2.75, 3.05) is 13.2 Å². The fourth-order valence-corrected chi connectivity index (χ4v) is 21.8. The highest BCUT2D eigenvalue weighted by Crippen LogP contribution is 2.69. The van der Waals surface area contributed by atoms with Crippen molar-refractivity contribution in [3.63, 3.8) is 0 Å². The van der Waals surface area contributed by atoms with Crippen LogP contribution in [0, 0.1) is 92.7 Å². The molecule has 0 N–H and O–H groups in total. The molecule has 482 valence electrons. The first-order chi connectivity index (χ1) is 43.3. The van der Waals surface area contributed by atoms with E-state index in [-0.39, 0.29) is 48.2 Å². The van der Waals surface area contributed by atoms with Crippen LogP contribution in [0.1, 0.15) is 210 Å². The molecule has 0 amide bonds. The summed E-state index contributed by atoms with van der Waals surface area (Å²) in [6.07, 6.45) is 32.5. The molecule has 0 spiro atoms. The summed E-state index contributed by atoms with van der Waals surface area (Å²) in [5.41, 5.74) is 9.66. The van der Waals surface area contributed by atoms with Crippen molar-refractivity contribution in [3.05, 3.63) is 108 Å². The van der Waals surface area contributed by atoms with Crippen LogP contribution >= 0.6 is 0 Å². The second kappa shape index (κ2) is 25.8. The van der Waals surface area contributed by atoms with Crippen molar-refractivity contribution in [2.45, 2.75) is 223 Å². The first kappa shape index (κ1) is 63.3. The summed E-state index contributed by atoms with van der Waals surface area (Å²) in [5, 5.41) is 2.01. The number of carbonyl (C=O) groups excluding carboxylic acids is 2. The Morgan fingerprint density at radius 2 is 0.867 bits per heavy atom. The van der Waals surface area contributed by atoms with E-state index in [9.17, 15) is 9.59 Å². The minimum Gasteiger partial charge on any atom is -0.482 e. The number of carbonyl (C=O) groups is 2. The predicted molar refractivity (Wildman–Crippen MR) is 365 cm³/mol. The maximum Gasteiger partial charge on any atom is 0.344 e. The molecule has 8 nitrogen and oxygen atoms in total. The van der Waals surface area contributed by atoms with E-state index in [2.05, 4.69) is 106 Å². The number of allylic oxidation sites excluding steroid dienone is 2. The summed E-state index contributed by atoms with van der Waals surface area (Å²) in [6.45, 7) is 24.8. The summed E-state index contributed by atoms with van der Waals surface area (Å²) in [5.74, 6) is 10.4. The van der Waals surface area contributed by atoms with Crippen LogP contribution in [0.2, 0.25) is 0 Å². The number of ether oxygens (including phenoxy) is 4. The lowest BCUT2D eigenvalue weighted by atomic mass is 9.47. The minimum absolute atomic E-state index is 0.0970. The van der Waals surface area contributed by atoms with E-state index in [1.54, 1.807) is 11.1 Å². The van der Waals surface area contributed by atoms with Gasteiger partial charge < -0.3 is 18.9 Å². The lowest BCUT2D eigenvalue weighted by Gasteiger charge is -2.58. The molecule has 0 aliphatic heterocycles. The fraction of sp³-hybridized carbons (Fsp3) is 0.634. The van der Waals surface area contributed by atoms with Crippen molar-refractivity contribution in [1.29, 1.82) is 0 Å². The smallest absolute Gasteiger partial charge is 0.344 e. The maximum atomic E-state index is 13.4. The summed E-state index contributed by atoms with van der Waals surface area (Å²) < 4.78 is 24.4. The molecule has 0 radical (unpaired) electrons. The zero-order valence-corrected chi connectivity index (χ0v) is 56.6. The number of benzene rings is 3. The number of hydrogen-bond donors (Lipinski definition) is 0. The monoisotopic (exact) mass is 1220 g/mol. The van der Waals surface area contributed by atoms with Gasteiger partial charge in [-0.25, -0.2) is 19.6 Å². The van der Waals surface area contributed by atoms with E-state index in [4.69, 9.17) is 28.9 Å². The van der Waals surface area contributed by atoms with Crippen molar-refractivity contribution in [1.82, 2.24) is 9.97 Å². The molecule has 0 bridgehead atoms. The fourth-order valence-electron chi connectivity index (χ4n) is 21.8. The van der Waals surface area contributed by atoms with Crippen LogP contribution in [-0.4, -0.2) is 47.3 Å². The van der Waals surface area contributed by atoms with Gasteiger partial charge in [0, 0.05) is 34.7 Å².